The third-order valence-electron chi connectivity index (χ3n) is 4.20. The van der Waals surface area contributed by atoms with Crippen molar-refractivity contribution in [1.29, 1.82) is 0 Å². The molecule has 0 fully saturated rings. The first kappa shape index (κ1) is 19.4. The minimum Gasteiger partial charge on any atom is -0.455 e. The summed E-state index contributed by atoms with van der Waals surface area (Å²) in [6.45, 7) is 5.61. The maximum Gasteiger partial charge on any atom is 0.416 e. The van der Waals surface area contributed by atoms with Crippen molar-refractivity contribution in [3.8, 4) is 11.5 Å². The fourth-order valence-electron chi connectivity index (χ4n) is 2.81. The molecule has 28 heavy (non-hydrogen) atoms. The van der Waals surface area contributed by atoms with Crippen molar-refractivity contribution in [2.24, 2.45) is 0 Å². The molecule has 0 aliphatic rings. The largest absolute Gasteiger partial charge is 0.455 e. The number of pyridine rings is 1. The summed E-state index contributed by atoms with van der Waals surface area (Å²) >= 11 is 0. The number of ether oxygens (including phenoxy) is 1. The van der Waals surface area contributed by atoms with Crippen molar-refractivity contribution in [2.45, 2.75) is 19.6 Å². The molecular formula is C21H17F3N2O2. The van der Waals surface area contributed by atoms with E-state index in [-0.39, 0.29) is 18.2 Å². The molecule has 0 unspecified atom stereocenters. The second kappa shape index (κ2) is 7.72. The number of alkyl halides is 3. The van der Waals surface area contributed by atoms with Gasteiger partial charge in [0.15, 0.2) is 5.75 Å². The molecule has 0 spiro atoms. The lowest BCUT2D eigenvalue weighted by Crippen LogP contribution is -2.20. The number of rotatable bonds is 5. The van der Waals surface area contributed by atoms with E-state index in [0.29, 0.717) is 11.3 Å². The van der Waals surface area contributed by atoms with Crippen molar-refractivity contribution < 1.29 is 22.7 Å². The fraction of sp³-hybridized carbons (Fsp3) is 0.143. The van der Waals surface area contributed by atoms with Crippen LogP contribution in [0, 0.1) is 6.92 Å². The van der Waals surface area contributed by atoms with Crippen LogP contribution in [0.2, 0.25) is 0 Å². The fourth-order valence-corrected chi connectivity index (χ4v) is 2.81. The highest BCUT2D eigenvalue weighted by Crippen LogP contribution is 2.34. The summed E-state index contributed by atoms with van der Waals surface area (Å²) in [4.78, 5) is 15.8. The summed E-state index contributed by atoms with van der Waals surface area (Å²) in [7, 11) is 0. The number of carbonyl (C=O) groups is 1. The van der Waals surface area contributed by atoms with E-state index in [2.05, 4.69) is 16.9 Å². The molecule has 0 radical (unpaired) electrons. The van der Waals surface area contributed by atoms with E-state index < -0.39 is 11.7 Å². The maximum absolute atomic E-state index is 12.7. The van der Waals surface area contributed by atoms with Crippen LogP contribution in [-0.4, -0.2) is 10.9 Å². The molecule has 3 aromatic rings. The SMILES string of the molecule is C=CC(=O)NCc1ccc(Oc2ccc(C(F)(F)F)cc2)c2nccc(C)c12. The lowest BCUT2D eigenvalue weighted by atomic mass is 10.0. The van der Waals surface area contributed by atoms with E-state index in [1.54, 1.807) is 18.3 Å². The van der Waals surface area contributed by atoms with Gasteiger partial charge in [-0.25, -0.2) is 0 Å². The Labute approximate surface area is 159 Å². The predicted molar refractivity (Wildman–Crippen MR) is 100 cm³/mol. The Morgan fingerprint density at radius 3 is 2.54 bits per heavy atom. The lowest BCUT2D eigenvalue weighted by Gasteiger charge is -2.14. The van der Waals surface area contributed by atoms with E-state index in [9.17, 15) is 18.0 Å². The number of carbonyl (C=O) groups excluding carboxylic acids is 1. The van der Waals surface area contributed by atoms with Crippen LogP contribution in [0.5, 0.6) is 11.5 Å². The average Bonchev–Trinajstić information content (AvgIpc) is 2.67. The third kappa shape index (κ3) is 4.14. The molecule has 0 aliphatic heterocycles. The van der Waals surface area contributed by atoms with Crippen molar-refractivity contribution in [3.05, 3.63) is 78.0 Å². The normalized spacial score (nSPS) is 11.3. The summed E-state index contributed by atoms with van der Waals surface area (Å²) in [5, 5.41) is 3.54. The summed E-state index contributed by atoms with van der Waals surface area (Å²) in [5.74, 6) is 0.391. The van der Waals surface area contributed by atoms with Crippen LogP contribution < -0.4 is 10.1 Å². The zero-order valence-corrected chi connectivity index (χ0v) is 15.0. The van der Waals surface area contributed by atoms with Crippen molar-refractivity contribution >= 4 is 16.8 Å². The van der Waals surface area contributed by atoms with Crippen molar-refractivity contribution in [2.75, 3.05) is 0 Å². The van der Waals surface area contributed by atoms with E-state index in [4.69, 9.17) is 4.74 Å². The number of nitrogens with zero attached hydrogens (tertiary/aromatic N) is 1. The topological polar surface area (TPSA) is 51.2 Å². The number of fused-ring (bicyclic) bond motifs is 1. The van der Waals surface area contributed by atoms with Gasteiger partial charge in [-0.1, -0.05) is 12.6 Å². The molecule has 4 nitrogen and oxygen atoms in total. The smallest absolute Gasteiger partial charge is 0.416 e. The molecule has 7 heteroatoms. The number of amides is 1. The average molecular weight is 386 g/mol. The van der Waals surface area contributed by atoms with Gasteiger partial charge < -0.3 is 10.1 Å². The van der Waals surface area contributed by atoms with Crippen molar-refractivity contribution in [1.82, 2.24) is 10.3 Å². The van der Waals surface area contributed by atoms with Gasteiger partial charge in [0.05, 0.1) is 5.56 Å². The minimum absolute atomic E-state index is 0.269. The molecule has 0 aliphatic carbocycles. The zero-order valence-electron chi connectivity index (χ0n) is 15.0. The number of nitrogens with one attached hydrogen (secondary N) is 1. The van der Waals surface area contributed by atoms with Crippen LogP contribution in [-0.2, 0) is 17.5 Å². The van der Waals surface area contributed by atoms with E-state index >= 15 is 0 Å². The van der Waals surface area contributed by atoms with Gasteiger partial charge in [0.1, 0.15) is 11.3 Å². The van der Waals surface area contributed by atoms with Gasteiger partial charge in [0, 0.05) is 18.1 Å². The standard InChI is InChI=1S/C21H17F3N2O2/c1-3-18(27)26-12-14-4-9-17(20-19(14)13(2)10-11-25-20)28-16-7-5-15(6-8-16)21(22,23)24/h3-11H,1,12H2,2H3,(H,26,27). The Hall–Kier alpha value is -3.35. The molecule has 1 aromatic heterocycles. The van der Waals surface area contributed by atoms with Crippen LogP contribution in [0.4, 0.5) is 13.2 Å². The van der Waals surface area contributed by atoms with Crippen LogP contribution in [0.1, 0.15) is 16.7 Å². The summed E-state index contributed by atoms with van der Waals surface area (Å²) in [6.07, 6.45) is -1.58. The van der Waals surface area contributed by atoms with Gasteiger partial charge in [-0.15, -0.1) is 0 Å². The second-order valence-corrected chi connectivity index (χ2v) is 6.12. The van der Waals surface area contributed by atoms with Crippen molar-refractivity contribution in [3.63, 3.8) is 0 Å². The molecule has 0 saturated heterocycles. The Morgan fingerprint density at radius 1 is 1.18 bits per heavy atom. The first-order chi connectivity index (χ1) is 13.3. The number of hydrogen-bond acceptors (Lipinski definition) is 3. The molecule has 144 valence electrons. The molecule has 0 bridgehead atoms. The first-order valence-corrected chi connectivity index (χ1v) is 8.42. The maximum atomic E-state index is 12.7. The number of aryl methyl sites for hydroxylation is 1. The highest BCUT2D eigenvalue weighted by Gasteiger charge is 2.30. The third-order valence-corrected chi connectivity index (χ3v) is 4.20. The highest BCUT2D eigenvalue weighted by atomic mass is 19.4. The predicted octanol–water partition coefficient (Wildman–Crippen LogP) is 5.16. The molecule has 3 rings (SSSR count). The molecule has 0 atom stereocenters. The Bertz CT molecular complexity index is 1030. The summed E-state index contributed by atoms with van der Waals surface area (Å²) in [5.41, 5.74) is 1.60. The minimum atomic E-state index is -4.40. The molecule has 1 amide bonds. The monoisotopic (exact) mass is 386 g/mol. The summed E-state index contributed by atoms with van der Waals surface area (Å²) in [6, 6.07) is 9.78. The van der Waals surface area contributed by atoms with Crippen LogP contribution in [0.3, 0.4) is 0 Å². The number of hydrogen-bond donors (Lipinski definition) is 1. The summed E-state index contributed by atoms with van der Waals surface area (Å²) < 4.78 is 43.9. The van der Waals surface area contributed by atoms with Crippen LogP contribution in [0.15, 0.2) is 61.3 Å². The van der Waals surface area contributed by atoms with Gasteiger partial charge >= 0.3 is 6.18 Å². The van der Waals surface area contributed by atoms with E-state index in [1.165, 1.54) is 18.2 Å². The quantitative estimate of drug-likeness (QED) is 0.617. The first-order valence-electron chi connectivity index (χ1n) is 8.42. The molecule has 1 N–H and O–H groups in total. The lowest BCUT2D eigenvalue weighted by molar-refractivity contribution is -0.137. The second-order valence-electron chi connectivity index (χ2n) is 6.12. The van der Waals surface area contributed by atoms with Gasteiger partial charge in [-0.2, -0.15) is 13.2 Å². The number of aromatic nitrogens is 1. The molecule has 1 heterocycles. The van der Waals surface area contributed by atoms with Gasteiger partial charge in [0.25, 0.3) is 0 Å². The Balaban J connectivity index is 1.95. The van der Waals surface area contributed by atoms with Crippen LogP contribution in [0.25, 0.3) is 10.9 Å². The molecular weight excluding hydrogens is 369 g/mol. The highest BCUT2D eigenvalue weighted by molar-refractivity contribution is 5.91. The van der Waals surface area contributed by atoms with Crippen LogP contribution >= 0.6 is 0 Å². The number of halogens is 3. The van der Waals surface area contributed by atoms with Gasteiger partial charge in [-0.3, -0.25) is 9.78 Å². The Morgan fingerprint density at radius 2 is 1.89 bits per heavy atom. The van der Waals surface area contributed by atoms with E-state index in [0.717, 1.165) is 28.6 Å². The molecule has 2 aromatic carbocycles. The zero-order chi connectivity index (χ0) is 20.3. The molecule has 0 saturated carbocycles. The number of benzene rings is 2. The van der Waals surface area contributed by atoms with Gasteiger partial charge in [-0.05, 0) is 60.5 Å². The van der Waals surface area contributed by atoms with E-state index in [1.807, 2.05) is 13.0 Å². The Kier molecular flexibility index (Phi) is 5.35. The van der Waals surface area contributed by atoms with Gasteiger partial charge in [0.2, 0.25) is 5.91 Å².